The largest absolute Gasteiger partial charge is 0.379 e. The third kappa shape index (κ3) is 8.97. The molecular weight excluding hydrogens is 367 g/mol. The summed E-state index contributed by atoms with van der Waals surface area (Å²) in [5.41, 5.74) is 0.0370. The fourth-order valence-corrected chi connectivity index (χ4v) is 2.09. The van der Waals surface area contributed by atoms with E-state index in [-0.39, 0.29) is 29.5 Å². The number of aliphatic imine (C=N–C) groups is 1. The SMILES string of the molecule is CN=C(NCC(C)CN1CCOCC1)NC(C)(C)C.I. The Kier molecular flexibility index (Phi) is 9.74. The van der Waals surface area contributed by atoms with Crippen molar-refractivity contribution in [1.29, 1.82) is 0 Å². The minimum Gasteiger partial charge on any atom is -0.379 e. The van der Waals surface area contributed by atoms with Gasteiger partial charge in [0.2, 0.25) is 0 Å². The van der Waals surface area contributed by atoms with Crippen molar-refractivity contribution in [3.63, 3.8) is 0 Å². The van der Waals surface area contributed by atoms with Crippen molar-refractivity contribution >= 4 is 29.9 Å². The molecule has 0 aromatic carbocycles. The van der Waals surface area contributed by atoms with Gasteiger partial charge in [-0.05, 0) is 26.7 Å². The number of morpholine rings is 1. The second-order valence-electron chi connectivity index (χ2n) is 6.35. The normalized spacial score (nSPS) is 19.1. The molecule has 5 nitrogen and oxygen atoms in total. The van der Waals surface area contributed by atoms with Crippen molar-refractivity contribution in [1.82, 2.24) is 15.5 Å². The van der Waals surface area contributed by atoms with Gasteiger partial charge in [0, 0.05) is 38.8 Å². The number of hydrogen-bond donors (Lipinski definition) is 2. The Balaban J connectivity index is 0.00000361. The van der Waals surface area contributed by atoms with E-state index in [4.69, 9.17) is 4.74 Å². The summed E-state index contributed by atoms with van der Waals surface area (Å²) in [4.78, 5) is 6.72. The number of halogens is 1. The van der Waals surface area contributed by atoms with Crippen molar-refractivity contribution in [2.24, 2.45) is 10.9 Å². The summed E-state index contributed by atoms with van der Waals surface area (Å²) < 4.78 is 5.37. The summed E-state index contributed by atoms with van der Waals surface area (Å²) in [5.74, 6) is 1.47. The van der Waals surface area contributed by atoms with Crippen molar-refractivity contribution in [3.05, 3.63) is 0 Å². The smallest absolute Gasteiger partial charge is 0.191 e. The van der Waals surface area contributed by atoms with E-state index in [0.717, 1.165) is 45.4 Å². The molecule has 1 fully saturated rings. The molecule has 1 aliphatic heterocycles. The first-order valence-corrected chi connectivity index (χ1v) is 7.19. The molecule has 120 valence electrons. The number of hydrogen-bond acceptors (Lipinski definition) is 3. The van der Waals surface area contributed by atoms with Crippen LogP contribution in [0.1, 0.15) is 27.7 Å². The molecule has 0 spiro atoms. The van der Waals surface area contributed by atoms with E-state index in [1.165, 1.54) is 0 Å². The lowest BCUT2D eigenvalue weighted by atomic mass is 10.1. The highest BCUT2D eigenvalue weighted by Gasteiger charge is 2.15. The van der Waals surface area contributed by atoms with Crippen LogP contribution in [-0.2, 0) is 4.74 Å². The molecule has 1 unspecified atom stereocenters. The summed E-state index contributed by atoms with van der Waals surface area (Å²) in [6.45, 7) is 14.6. The summed E-state index contributed by atoms with van der Waals surface area (Å²) in [7, 11) is 1.81. The Morgan fingerprint density at radius 1 is 1.30 bits per heavy atom. The first-order valence-electron chi connectivity index (χ1n) is 7.19. The Morgan fingerprint density at radius 3 is 2.40 bits per heavy atom. The van der Waals surface area contributed by atoms with E-state index in [1.807, 2.05) is 7.05 Å². The predicted molar refractivity (Wildman–Crippen MR) is 96.1 cm³/mol. The van der Waals surface area contributed by atoms with Crippen LogP contribution in [-0.4, -0.2) is 62.8 Å². The van der Waals surface area contributed by atoms with Gasteiger partial charge < -0.3 is 15.4 Å². The summed E-state index contributed by atoms with van der Waals surface area (Å²) in [6.07, 6.45) is 0. The van der Waals surface area contributed by atoms with Crippen LogP contribution in [0.5, 0.6) is 0 Å². The molecule has 1 saturated heterocycles. The fraction of sp³-hybridized carbons (Fsp3) is 0.929. The molecule has 0 radical (unpaired) electrons. The zero-order valence-electron chi connectivity index (χ0n) is 13.5. The Hall–Kier alpha value is -0.0800. The number of rotatable bonds is 4. The second-order valence-corrected chi connectivity index (χ2v) is 6.35. The highest BCUT2D eigenvalue weighted by molar-refractivity contribution is 14.0. The van der Waals surface area contributed by atoms with Crippen LogP contribution in [0, 0.1) is 5.92 Å². The van der Waals surface area contributed by atoms with Gasteiger partial charge in [0.1, 0.15) is 0 Å². The first kappa shape index (κ1) is 19.9. The molecule has 1 rings (SSSR count). The van der Waals surface area contributed by atoms with Gasteiger partial charge in [0.15, 0.2) is 5.96 Å². The Labute approximate surface area is 140 Å². The standard InChI is InChI=1S/C14H30N4O.HI/c1-12(11-18-6-8-19-9-7-18)10-16-13(15-5)17-14(2,3)4;/h12H,6-11H2,1-5H3,(H2,15,16,17);1H. The van der Waals surface area contributed by atoms with Gasteiger partial charge in [-0.25, -0.2) is 0 Å². The molecule has 6 heteroatoms. The van der Waals surface area contributed by atoms with Gasteiger partial charge in [0.05, 0.1) is 13.2 Å². The number of ether oxygens (including phenoxy) is 1. The van der Waals surface area contributed by atoms with E-state index in [2.05, 4.69) is 48.2 Å². The zero-order chi connectivity index (χ0) is 14.3. The van der Waals surface area contributed by atoms with Crippen LogP contribution in [0.2, 0.25) is 0 Å². The molecule has 0 saturated carbocycles. The lowest BCUT2D eigenvalue weighted by molar-refractivity contribution is 0.0320. The van der Waals surface area contributed by atoms with E-state index in [0.29, 0.717) is 5.92 Å². The van der Waals surface area contributed by atoms with Crippen LogP contribution < -0.4 is 10.6 Å². The maximum atomic E-state index is 5.37. The van der Waals surface area contributed by atoms with Crippen LogP contribution in [0.4, 0.5) is 0 Å². The van der Waals surface area contributed by atoms with Crippen molar-refractivity contribution in [2.45, 2.75) is 33.2 Å². The quantitative estimate of drug-likeness (QED) is 0.429. The predicted octanol–water partition coefficient (Wildman–Crippen LogP) is 1.54. The van der Waals surface area contributed by atoms with Crippen molar-refractivity contribution in [2.75, 3.05) is 46.4 Å². The molecule has 20 heavy (non-hydrogen) atoms. The van der Waals surface area contributed by atoms with E-state index in [9.17, 15) is 0 Å². The molecule has 1 aliphatic rings. The minimum atomic E-state index is 0. The average Bonchev–Trinajstić information content (AvgIpc) is 2.34. The number of guanidine groups is 1. The summed E-state index contributed by atoms with van der Waals surface area (Å²) in [6, 6.07) is 0. The Morgan fingerprint density at radius 2 is 1.90 bits per heavy atom. The van der Waals surface area contributed by atoms with Gasteiger partial charge in [0.25, 0.3) is 0 Å². The van der Waals surface area contributed by atoms with E-state index >= 15 is 0 Å². The zero-order valence-corrected chi connectivity index (χ0v) is 15.9. The van der Waals surface area contributed by atoms with Crippen LogP contribution in [0.15, 0.2) is 4.99 Å². The Bertz CT molecular complexity index is 285. The monoisotopic (exact) mass is 398 g/mol. The van der Waals surface area contributed by atoms with Gasteiger partial charge >= 0.3 is 0 Å². The van der Waals surface area contributed by atoms with Gasteiger partial charge in [-0.1, -0.05) is 6.92 Å². The van der Waals surface area contributed by atoms with Gasteiger partial charge in [-0.15, -0.1) is 24.0 Å². The minimum absolute atomic E-state index is 0. The van der Waals surface area contributed by atoms with Crippen LogP contribution in [0.3, 0.4) is 0 Å². The van der Waals surface area contributed by atoms with Gasteiger partial charge in [-0.3, -0.25) is 9.89 Å². The molecule has 1 heterocycles. The van der Waals surface area contributed by atoms with Gasteiger partial charge in [-0.2, -0.15) is 0 Å². The maximum absolute atomic E-state index is 5.37. The molecule has 0 amide bonds. The molecule has 0 aliphatic carbocycles. The molecule has 0 bridgehead atoms. The van der Waals surface area contributed by atoms with Crippen molar-refractivity contribution in [3.8, 4) is 0 Å². The average molecular weight is 398 g/mol. The fourth-order valence-electron chi connectivity index (χ4n) is 2.09. The maximum Gasteiger partial charge on any atom is 0.191 e. The van der Waals surface area contributed by atoms with E-state index < -0.39 is 0 Å². The lowest BCUT2D eigenvalue weighted by Gasteiger charge is -2.30. The molecule has 1 atom stereocenters. The summed E-state index contributed by atoms with van der Waals surface area (Å²) in [5, 5.41) is 6.77. The third-order valence-electron chi connectivity index (χ3n) is 3.01. The molecule has 0 aromatic rings. The topological polar surface area (TPSA) is 48.9 Å². The van der Waals surface area contributed by atoms with Crippen LogP contribution >= 0.6 is 24.0 Å². The van der Waals surface area contributed by atoms with Crippen molar-refractivity contribution < 1.29 is 4.74 Å². The third-order valence-corrected chi connectivity index (χ3v) is 3.01. The highest BCUT2D eigenvalue weighted by Crippen LogP contribution is 2.03. The number of nitrogens with one attached hydrogen (secondary N) is 2. The van der Waals surface area contributed by atoms with Crippen LogP contribution in [0.25, 0.3) is 0 Å². The molecule has 0 aromatic heterocycles. The summed E-state index contributed by atoms with van der Waals surface area (Å²) >= 11 is 0. The highest BCUT2D eigenvalue weighted by atomic mass is 127. The molecule has 2 N–H and O–H groups in total. The first-order chi connectivity index (χ1) is 8.90. The molecular formula is C14H31IN4O. The van der Waals surface area contributed by atoms with E-state index in [1.54, 1.807) is 0 Å². The second kappa shape index (κ2) is 9.78. The lowest BCUT2D eigenvalue weighted by Crippen LogP contribution is -2.49. The number of nitrogens with zero attached hydrogens (tertiary/aromatic N) is 2.